The normalized spacial score (nSPS) is 22.8. The first-order chi connectivity index (χ1) is 9.06. The number of carboxylic acids is 1. The molecule has 1 aliphatic carbocycles. The molecule has 0 unspecified atom stereocenters. The van der Waals surface area contributed by atoms with E-state index in [1.807, 2.05) is 24.3 Å². The van der Waals surface area contributed by atoms with Gasteiger partial charge in [-0.25, -0.2) is 0 Å². The number of nitrogens with one attached hydrogen (secondary N) is 1. The van der Waals surface area contributed by atoms with Crippen LogP contribution >= 0.6 is 22.6 Å². The summed E-state index contributed by atoms with van der Waals surface area (Å²) in [6, 6.07) is 7.64. The van der Waals surface area contributed by atoms with Crippen LogP contribution in [-0.4, -0.2) is 17.0 Å². The second-order valence-electron chi connectivity index (χ2n) is 4.88. The van der Waals surface area contributed by atoms with Gasteiger partial charge in [-0.15, -0.1) is 0 Å². The minimum atomic E-state index is -0.739. The molecule has 19 heavy (non-hydrogen) atoms. The molecule has 102 valence electrons. The van der Waals surface area contributed by atoms with E-state index in [4.69, 9.17) is 5.11 Å². The number of aliphatic carboxylic acids is 1. The zero-order chi connectivity index (χ0) is 13.8. The molecule has 0 aromatic heterocycles. The first-order valence-electron chi connectivity index (χ1n) is 6.35. The minimum Gasteiger partial charge on any atom is -0.481 e. The molecule has 1 fully saturated rings. The molecule has 1 aliphatic rings. The van der Waals surface area contributed by atoms with Gasteiger partial charge >= 0.3 is 5.97 Å². The van der Waals surface area contributed by atoms with Crippen LogP contribution in [0, 0.1) is 15.4 Å². The summed E-state index contributed by atoms with van der Waals surface area (Å²) >= 11 is 2.21. The van der Waals surface area contributed by atoms with E-state index in [0.29, 0.717) is 25.7 Å². The van der Waals surface area contributed by atoms with Crippen molar-refractivity contribution in [1.29, 1.82) is 0 Å². The third-order valence-corrected chi connectivity index (χ3v) is 4.28. The van der Waals surface area contributed by atoms with Crippen LogP contribution in [0.3, 0.4) is 0 Å². The monoisotopic (exact) mass is 373 g/mol. The number of hydrogen-bond donors (Lipinski definition) is 2. The number of amides is 1. The Morgan fingerprint density at radius 1 is 1.05 bits per heavy atom. The number of carbonyl (C=O) groups is 2. The van der Waals surface area contributed by atoms with Crippen LogP contribution in [0.25, 0.3) is 0 Å². The van der Waals surface area contributed by atoms with Crippen molar-refractivity contribution in [2.75, 3.05) is 5.32 Å². The molecule has 1 amide bonds. The van der Waals surface area contributed by atoms with E-state index in [-0.39, 0.29) is 17.7 Å². The molecule has 0 heterocycles. The highest BCUT2D eigenvalue weighted by molar-refractivity contribution is 14.1. The van der Waals surface area contributed by atoms with Gasteiger partial charge in [-0.2, -0.15) is 0 Å². The summed E-state index contributed by atoms with van der Waals surface area (Å²) < 4.78 is 1.12. The van der Waals surface area contributed by atoms with E-state index in [9.17, 15) is 9.59 Å². The maximum Gasteiger partial charge on any atom is 0.306 e. The topological polar surface area (TPSA) is 66.4 Å². The average molecular weight is 373 g/mol. The Labute approximate surface area is 125 Å². The van der Waals surface area contributed by atoms with Crippen molar-refractivity contribution in [3.8, 4) is 0 Å². The molecular weight excluding hydrogens is 357 g/mol. The smallest absolute Gasteiger partial charge is 0.306 e. The lowest BCUT2D eigenvalue weighted by Gasteiger charge is -2.25. The fourth-order valence-electron chi connectivity index (χ4n) is 2.38. The van der Waals surface area contributed by atoms with Crippen LogP contribution in [0.1, 0.15) is 25.7 Å². The van der Waals surface area contributed by atoms with E-state index in [2.05, 4.69) is 27.9 Å². The third kappa shape index (κ3) is 3.92. The Hall–Kier alpha value is -1.11. The van der Waals surface area contributed by atoms with E-state index in [0.717, 1.165) is 9.26 Å². The fraction of sp³-hybridized carbons (Fsp3) is 0.429. The molecule has 4 nitrogen and oxygen atoms in total. The van der Waals surface area contributed by atoms with E-state index >= 15 is 0 Å². The number of rotatable bonds is 3. The zero-order valence-corrected chi connectivity index (χ0v) is 12.6. The van der Waals surface area contributed by atoms with E-state index in [1.54, 1.807) is 0 Å². The minimum absolute atomic E-state index is 0.00467. The van der Waals surface area contributed by atoms with Crippen LogP contribution in [0.2, 0.25) is 0 Å². The number of halogens is 1. The molecular formula is C14H16INO3. The first kappa shape index (κ1) is 14.3. The Kier molecular flexibility index (Phi) is 4.79. The van der Waals surface area contributed by atoms with Crippen molar-refractivity contribution >= 4 is 40.2 Å². The van der Waals surface area contributed by atoms with Crippen molar-refractivity contribution in [2.45, 2.75) is 25.7 Å². The molecule has 0 bridgehead atoms. The number of benzene rings is 1. The van der Waals surface area contributed by atoms with Crippen LogP contribution in [0.15, 0.2) is 24.3 Å². The standard InChI is InChI=1S/C14H16INO3/c15-11-5-7-12(8-6-11)16-13(17)9-1-3-10(4-2-9)14(18)19/h5-10H,1-4H2,(H,16,17)(H,18,19). The van der Waals surface area contributed by atoms with Gasteiger partial charge < -0.3 is 10.4 Å². The van der Waals surface area contributed by atoms with Crippen LogP contribution in [0.4, 0.5) is 5.69 Å². The maximum absolute atomic E-state index is 12.1. The summed E-state index contributed by atoms with van der Waals surface area (Å²) in [5, 5.41) is 11.8. The van der Waals surface area contributed by atoms with Gasteiger partial charge in [-0.3, -0.25) is 9.59 Å². The fourth-order valence-corrected chi connectivity index (χ4v) is 2.74. The second-order valence-corrected chi connectivity index (χ2v) is 6.13. The van der Waals surface area contributed by atoms with Gasteiger partial charge in [0.05, 0.1) is 5.92 Å². The molecule has 0 atom stereocenters. The molecule has 0 radical (unpaired) electrons. The third-order valence-electron chi connectivity index (χ3n) is 3.56. The SMILES string of the molecule is O=C(O)C1CCC(C(=O)Nc2ccc(I)cc2)CC1. The van der Waals surface area contributed by atoms with Gasteiger partial charge in [-0.05, 0) is 72.5 Å². The quantitative estimate of drug-likeness (QED) is 0.801. The Bertz CT molecular complexity index is 464. The van der Waals surface area contributed by atoms with Gasteiger partial charge in [0.15, 0.2) is 0 Å². The van der Waals surface area contributed by atoms with E-state index in [1.165, 1.54) is 0 Å². The number of hydrogen-bond acceptors (Lipinski definition) is 2. The second kappa shape index (κ2) is 6.36. The summed E-state index contributed by atoms with van der Waals surface area (Å²) in [5.41, 5.74) is 0.797. The maximum atomic E-state index is 12.1. The molecule has 1 aromatic carbocycles. The largest absolute Gasteiger partial charge is 0.481 e. The summed E-state index contributed by atoms with van der Waals surface area (Å²) in [6.45, 7) is 0. The lowest BCUT2D eigenvalue weighted by Crippen LogP contribution is -2.29. The lowest BCUT2D eigenvalue weighted by atomic mass is 9.81. The Morgan fingerprint density at radius 2 is 1.58 bits per heavy atom. The lowest BCUT2D eigenvalue weighted by molar-refractivity contribution is -0.143. The summed E-state index contributed by atoms with van der Waals surface area (Å²) in [7, 11) is 0. The van der Waals surface area contributed by atoms with Gasteiger partial charge in [0.2, 0.25) is 5.91 Å². The number of anilines is 1. The summed E-state index contributed by atoms with van der Waals surface area (Å²) in [4.78, 5) is 22.9. The molecule has 0 saturated heterocycles. The van der Waals surface area contributed by atoms with Crippen LogP contribution < -0.4 is 5.32 Å². The molecule has 2 N–H and O–H groups in total. The van der Waals surface area contributed by atoms with Crippen molar-refractivity contribution in [3.63, 3.8) is 0 Å². The van der Waals surface area contributed by atoms with Gasteiger partial charge in [0.1, 0.15) is 0 Å². The van der Waals surface area contributed by atoms with Crippen LogP contribution in [0.5, 0.6) is 0 Å². The summed E-state index contributed by atoms with van der Waals surface area (Å²) in [5.74, 6) is -1.07. The predicted octanol–water partition coefficient (Wildman–Crippen LogP) is 3.12. The molecule has 0 spiro atoms. The molecule has 5 heteroatoms. The summed E-state index contributed by atoms with van der Waals surface area (Å²) in [6.07, 6.45) is 2.51. The molecule has 0 aliphatic heterocycles. The highest BCUT2D eigenvalue weighted by Gasteiger charge is 2.29. The predicted molar refractivity (Wildman–Crippen MR) is 80.9 cm³/mol. The Balaban J connectivity index is 1.88. The van der Waals surface area contributed by atoms with Crippen molar-refractivity contribution in [2.24, 2.45) is 11.8 Å². The molecule has 2 rings (SSSR count). The number of carbonyl (C=O) groups excluding carboxylic acids is 1. The number of carboxylic acid groups (broad SMARTS) is 1. The van der Waals surface area contributed by atoms with Gasteiger partial charge in [-0.1, -0.05) is 0 Å². The van der Waals surface area contributed by atoms with Gasteiger partial charge in [0.25, 0.3) is 0 Å². The Morgan fingerprint density at radius 3 is 2.11 bits per heavy atom. The molecule has 1 saturated carbocycles. The average Bonchev–Trinajstić information content (AvgIpc) is 2.41. The zero-order valence-electron chi connectivity index (χ0n) is 10.4. The van der Waals surface area contributed by atoms with Gasteiger partial charge in [0, 0.05) is 15.2 Å². The molecule has 1 aromatic rings. The first-order valence-corrected chi connectivity index (χ1v) is 7.43. The highest BCUT2D eigenvalue weighted by atomic mass is 127. The van der Waals surface area contributed by atoms with E-state index < -0.39 is 5.97 Å². The van der Waals surface area contributed by atoms with Crippen molar-refractivity contribution < 1.29 is 14.7 Å². The highest BCUT2D eigenvalue weighted by Crippen LogP contribution is 2.29. The van der Waals surface area contributed by atoms with Crippen molar-refractivity contribution in [3.05, 3.63) is 27.8 Å². The van der Waals surface area contributed by atoms with Crippen LogP contribution in [-0.2, 0) is 9.59 Å². The van der Waals surface area contributed by atoms with Crippen molar-refractivity contribution in [1.82, 2.24) is 0 Å².